The molecule has 2 N–H and O–H groups in total. The van der Waals surface area contributed by atoms with E-state index in [0.29, 0.717) is 18.7 Å². The second-order valence-corrected chi connectivity index (χ2v) is 3.89. The molecule has 1 fully saturated rings. The van der Waals surface area contributed by atoms with Gasteiger partial charge in [-0.15, -0.1) is 0 Å². The number of anilines is 1. The Hall–Kier alpha value is -1.13. The molecule has 80 valence electrons. The largest absolute Gasteiger partial charge is 0.320 e. The van der Waals surface area contributed by atoms with E-state index in [1.165, 1.54) is 23.1 Å². The van der Waals surface area contributed by atoms with Crippen LogP contribution >= 0.6 is 11.6 Å². The van der Waals surface area contributed by atoms with Gasteiger partial charge in [0.15, 0.2) is 0 Å². The van der Waals surface area contributed by atoms with Crippen LogP contribution in [0.4, 0.5) is 10.1 Å². The quantitative estimate of drug-likeness (QED) is 0.793. The first-order valence-corrected chi connectivity index (χ1v) is 4.99. The minimum absolute atomic E-state index is 0.0146. The minimum atomic E-state index is -0.489. The van der Waals surface area contributed by atoms with E-state index >= 15 is 0 Å². The van der Waals surface area contributed by atoms with Gasteiger partial charge in [0.2, 0.25) is 5.91 Å². The lowest BCUT2D eigenvalue weighted by Crippen LogP contribution is -2.33. The number of nitrogens with two attached hydrogens (primary N) is 1. The number of nitrogens with zero attached hydrogens (tertiary/aromatic N) is 1. The lowest BCUT2D eigenvalue weighted by molar-refractivity contribution is -0.118. The molecular weight excluding hydrogens is 219 g/mol. The van der Waals surface area contributed by atoms with Gasteiger partial charge in [-0.05, 0) is 24.6 Å². The topological polar surface area (TPSA) is 46.3 Å². The predicted molar refractivity (Wildman–Crippen MR) is 56.4 cm³/mol. The molecule has 1 aromatic carbocycles. The highest BCUT2D eigenvalue weighted by molar-refractivity contribution is 6.31. The number of hydrogen-bond acceptors (Lipinski definition) is 2. The summed E-state index contributed by atoms with van der Waals surface area (Å²) in [4.78, 5) is 13.1. The average molecular weight is 229 g/mol. The van der Waals surface area contributed by atoms with Crippen LogP contribution in [0, 0.1) is 5.82 Å². The normalized spacial score (nSPS) is 21.1. The van der Waals surface area contributed by atoms with Gasteiger partial charge in [-0.3, -0.25) is 4.79 Å². The molecule has 1 saturated heterocycles. The summed E-state index contributed by atoms with van der Waals surface area (Å²) in [5, 5.41) is 0.0146. The van der Waals surface area contributed by atoms with Gasteiger partial charge >= 0.3 is 0 Å². The zero-order valence-electron chi connectivity index (χ0n) is 7.91. The van der Waals surface area contributed by atoms with E-state index < -0.39 is 11.9 Å². The Morgan fingerprint density at radius 2 is 2.27 bits per heavy atom. The summed E-state index contributed by atoms with van der Waals surface area (Å²) in [5.41, 5.74) is 6.17. The van der Waals surface area contributed by atoms with Crippen LogP contribution in [0.5, 0.6) is 0 Å². The highest BCUT2D eigenvalue weighted by atomic mass is 35.5. The smallest absolute Gasteiger partial charge is 0.243 e. The molecule has 1 aliphatic heterocycles. The summed E-state index contributed by atoms with van der Waals surface area (Å²) in [6.07, 6.45) is 0.619. The number of hydrogen-bond donors (Lipinski definition) is 1. The lowest BCUT2D eigenvalue weighted by Gasteiger charge is -2.16. The number of carbonyl (C=O) groups is 1. The summed E-state index contributed by atoms with van der Waals surface area (Å²) < 4.78 is 12.9. The predicted octanol–water partition coefficient (Wildman–Crippen LogP) is 1.54. The van der Waals surface area contributed by atoms with Crippen molar-refractivity contribution in [2.24, 2.45) is 5.73 Å². The zero-order valence-corrected chi connectivity index (χ0v) is 8.67. The SMILES string of the molecule is N[C@H]1CCN(c2ccc(F)c(Cl)c2)C1=O. The van der Waals surface area contributed by atoms with Crippen molar-refractivity contribution >= 4 is 23.2 Å². The maximum atomic E-state index is 12.9. The van der Waals surface area contributed by atoms with Crippen molar-refractivity contribution in [3.63, 3.8) is 0 Å². The molecule has 5 heteroatoms. The highest BCUT2D eigenvalue weighted by Gasteiger charge is 2.29. The molecule has 0 saturated carbocycles. The van der Waals surface area contributed by atoms with E-state index in [1.54, 1.807) is 0 Å². The van der Waals surface area contributed by atoms with Crippen LogP contribution in [0.3, 0.4) is 0 Å². The maximum absolute atomic E-state index is 12.9. The van der Waals surface area contributed by atoms with Crippen LogP contribution in [0.15, 0.2) is 18.2 Å². The molecule has 2 rings (SSSR count). The van der Waals surface area contributed by atoms with Gasteiger partial charge in [-0.2, -0.15) is 0 Å². The minimum Gasteiger partial charge on any atom is -0.320 e. The molecule has 15 heavy (non-hydrogen) atoms. The molecule has 1 aromatic rings. The van der Waals surface area contributed by atoms with Gasteiger partial charge in [-0.1, -0.05) is 11.6 Å². The molecular formula is C10H10ClFN2O. The highest BCUT2D eigenvalue weighted by Crippen LogP contribution is 2.25. The Bertz CT molecular complexity index is 410. The Labute approximate surface area is 91.6 Å². The van der Waals surface area contributed by atoms with Crippen LogP contribution in [0.2, 0.25) is 5.02 Å². The Morgan fingerprint density at radius 1 is 1.53 bits per heavy atom. The first-order valence-electron chi connectivity index (χ1n) is 4.61. The van der Waals surface area contributed by atoms with Crippen LogP contribution in [0.25, 0.3) is 0 Å². The standard InChI is InChI=1S/C10H10ClFN2O/c11-7-5-6(1-2-8(7)12)14-4-3-9(13)10(14)15/h1-2,5,9H,3-4,13H2/t9-/m0/s1. The van der Waals surface area contributed by atoms with Crippen molar-refractivity contribution in [2.75, 3.05) is 11.4 Å². The van der Waals surface area contributed by atoms with E-state index in [9.17, 15) is 9.18 Å². The summed E-state index contributed by atoms with van der Waals surface area (Å²) in [5.74, 6) is -0.631. The van der Waals surface area contributed by atoms with Gasteiger partial charge < -0.3 is 10.6 Å². The molecule has 0 unspecified atom stereocenters. The first-order chi connectivity index (χ1) is 7.09. The summed E-state index contributed by atoms with van der Waals surface area (Å²) >= 11 is 5.63. The molecule has 1 amide bonds. The van der Waals surface area contributed by atoms with Crippen molar-refractivity contribution in [3.05, 3.63) is 29.0 Å². The fraction of sp³-hybridized carbons (Fsp3) is 0.300. The third kappa shape index (κ3) is 1.82. The van der Waals surface area contributed by atoms with E-state index in [-0.39, 0.29) is 10.9 Å². The molecule has 1 aliphatic rings. The first kappa shape index (κ1) is 10.4. The van der Waals surface area contributed by atoms with Crippen LogP contribution in [0.1, 0.15) is 6.42 Å². The van der Waals surface area contributed by atoms with Crippen LogP contribution < -0.4 is 10.6 Å². The molecule has 3 nitrogen and oxygen atoms in total. The Morgan fingerprint density at radius 3 is 2.80 bits per heavy atom. The van der Waals surface area contributed by atoms with Crippen LogP contribution in [-0.4, -0.2) is 18.5 Å². The summed E-state index contributed by atoms with van der Waals surface area (Å²) in [7, 11) is 0. The fourth-order valence-electron chi connectivity index (χ4n) is 1.61. The Balaban J connectivity index is 2.31. The molecule has 1 heterocycles. The molecule has 0 radical (unpaired) electrons. The molecule has 0 aliphatic carbocycles. The molecule has 0 aromatic heterocycles. The van der Waals surface area contributed by atoms with Crippen molar-refractivity contribution in [2.45, 2.75) is 12.5 Å². The number of benzene rings is 1. The number of halogens is 2. The van der Waals surface area contributed by atoms with Gasteiger partial charge in [0.05, 0.1) is 11.1 Å². The van der Waals surface area contributed by atoms with Gasteiger partial charge in [0.1, 0.15) is 5.82 Å². The second kappa shape index (κ2) is 3.79. The molecule has 0 bridgehead atoms. The monoisotopic (exact) mass is 228 g/mol. The fourth-order valence-corrected chi connectivity index (χ4v) is 1.79. The van der Waals surface area contributed by atoms with Gasteiger partial charge in [0, 0.05) is 12.2 Å². The second-order valence-electron chi connectivity index (χ2n) is 3.48. The van der Waals surface area contributed by atoms with Crippen molar-refractivity contribution in [1.29, 1.82) is 0 Å². The van der Waals surface area contributed by atoms with E-state index in [2.05, 4.69) is 0 Å². The Kier molecular flexibility index (Phi) is 2.63. The van der Waals surface area contributed by atoms with E-state index in [1.807, 2.05) is 0 Å². The number of carbonyl (C=O) groups excluding carboxylic acids is 1. The number of rotatable bonds is 1. The third-order valence-electron chi connectivity index (χ3n) is 2.46. The maximum Gasteiger partial charge on any atom is 0.243 e. The van der Waals surface area contributed by atoms with E-state index in [0.717, 1.165) is 0 Å². The number of amides is 1. The summed E-state index contributed by atoms with van der Waals surface area (Å²) in [6, 6.07) is 3.76. The average Bonchev–Trinajstić information content (AvgIpc) is 2.53. The van der Waals surface area contributed by atoms with Crippen LogP contribution in [-0.2, 0) is 4.79 Å². The van der Waals surface area contributed by atoms with Crippen molar-refractivity contribution < 1.29 is 9.18 Å². The molecule has 0 spiro atoms. The lowest BCUT2D eigenvalue weighted by atomic mass is 10.3. The van der Waals surface area contributed by atoms with Gasteiger partial charge in [0.25, 0.3) is 0 Å². The van der Waals surface area contributed by atoms with Crippen molar-refractivity contribution in [3.8, 4) is 0 Å². The van der Waals surface area contributed by atoms with Crippen molar-refractivity contribution in [1.82, 2.24) is 0 Å². The van der Waals surface area contributed by atoms with Gasteiger partial charge in [-0.25, -0.2) is 4.39 Å². The molecule has 1 atom stereocenters. The zero-order chi connectivity index (χ0) is 11.0. The summed E-state index contributed by atoms with van der Waals surface area (Å²) in [6.45, 7) is 0.558. The third-order valence-corrected chi connectivity index (χ3v) is 2.75. The van der Waals surface area contributed by atoms with E-state index in [4.69, 9.17) is 17.3 Å².